The van der Waals surface area contributed by atoms with Crippen LogP contribution < -0.4 is 0 Å². The zero-order valence-corrected chi connectivity index (χ0v) is 13.2. The molecule has 1 aromatic carbocycles. The topological polar surface area (TPSA) is 29.5 Å². The van der Waals surface area contributed by atoms with Crippen molar-refractivity contribution < 1.29 is 8.39 Å². The van der Waals surface area contributed by atoms with Crippen molar-refractivity contribution in [3.63, 3.8) is 0 Å². The van der Waals surface area contributed by atoms with Crippen molar-refractivity contribution >= 4 is 11.1 Å². The van der Waals surface area contributed by atoms with Crippen LogP contribution in [0, 0.1) is 0 Å². The first kappa shape index (κ1) is 16.3. The van der Waals surface area contributed by atoms with Crippen LogP contribution in [0.25, 0.3) is 0 Å². The minimum Gasteiger partial charge on any atom is -0.304 e. The second kappa shape index (κ2) is 8.46. The van der Waals surface area contributed by atoms with Crippen LogP contribution in [0.2, 0.25) is 0 Å². The highest BCUT2D eigenvalue weighted by Crippen LogP contribution is 2.25. The molecular weight excluding hydrogens is 258 g/mol. The molecule has 108 valence electrons. The highest BCUT2D eigenvalue weighted by Gasteiger charge is 2.24. The van der Waals surface area contributed by atoms with Crippen molar-refractivity contribution in [3.05, 3.63) is 35.9 Å². The van der Waals surface area contributed by atoms with Crippen molar-refractivity contribution in [2.24, 2.45) is 0 Å². The van der Waals surface area contributed by atoms with E-state index in [1.165, 1.54) is 0 Å². The molecule has 19 heavy (non-hydrogen) atoms. The quantitative estimate of drug-likeness (QED) is 0.734. The Bertz CT molecular complexity index is 381. The van der Waals surface area contributed by atoms with Crippen LogP contribution in [0.4, 0.5) is 0 Å². The van der Waals surface area contributed by atoms with Crippen molar-refractivity contribution in [1.82, 2.24) is 4.90 Å². The molecular formula is C15H25NO2S. The lowest BCUT2D eigenvalue weighted by molar-refractivity contribution is 0.121. The summed E-state index contributed by atoms with van der Waals surface area (Å²) in [4.78, 5) is 2.09. The fourth-order valence-electron chi connectivity index (χ4n) is 1.75. The lowest BCUT2D eigenvalue weighted by Gasteiger charge is -2.28. The van der Waals surface area contributed by atoms with E-state index in [2.05, 4.69) is 18.7 Å². The van der Waals surface area contributed by atoms with Crippen molar-refractivity contribution in [3.8, 4) is 0 Å². The first-order chi connectivity index (χ1) is 9.06. The molecule has 4 heteroatoms. The standard InChI is InChI=1S/C15H25NO2S/c1-5-6-12-19(17)18-15(13(2)16(3)4)14-10-8-7-9-11-14/h7-11,13,15H,5-6,12H2,1-4H3/t13-,15-,19?/m0/s1. The van der Waals surface area contributed by atoms with Crippen LogP contribution in [0.5, 0.6) is 0 Å². The van der Waals surface area contributed by atoms with Gasteiger partial charge in [0, 0.05) is 11.8 Å². The zero-order chi connectivity index (χ0) is 14.3. The Morgan fingerprint density at radius 1 is 1.26 bits per heavy atom. The second-order valence-corrected chi connectivity index (χ2v) is 6.20. The van der Waals surface area contributed by atoms with Gasteiger partial charge in [-0.25, -0.2) is 4.21 Å². The number of rotatable bonds is 8. The van der Waals surface area contributed by atoms with E-state index in [0.29, 0.717) is 5.75 Å². The number of hydrogen-bond donors (Lipinski definition) is 0. The van der Waals surface area contributed by atoms with E-state index >= 15 is 0 Å². The van der Waals surface area contributed by atoms with Crippen LogP contribution in [0.1, 0.15) is 38.4 Å². The van der Waals surface area contributed by atoms with Crippen LogP contribution in [0.3, 0.4) is 0 Å². The highest BCUT2D eigenvalue weighted by molar-refractivity contribution is 7.80. The molecule has 0 radical (unpaired) electrons. The molecule has 0 saturated heterocycles. The fraction of sp³-hybridized carbons (Fsp3) is 0.600. The molecule has 0 saturated carbocycles. The second-order valence-electron chi connectivity index (χ2n) is 4.99. The predicted octanol–water partition coefficient (Wildman–Crippen LogP) is 3.16. The smallest absolute Gasteiger partial charge is 0.156 e. The van der Waals surface area contributed by atoms with Gasteiger partial charge in [-0.05, 0) is 33.0 Å². The molecule has 1 rings (SSSR count). The van der Waals surface area contributed by atoms with E-state index in [1.54, 1.807) is 0 Å². The zero-order valence-electron chi connectivity index (χ0n) is 12.3. The lowest BCUT2D eigenvalue weighted by atomic mass is 10.0. The van der Waals surface area contributed by atoms with Gasteiger partial charge in [0.25, 0.3) is 0 Å². The number of benzene rings is 1. The molecule has 0 amide bonds. The molecule has 3 atom stereocenters. The fourth-order valence-corrected chi connectivity index (χ4v) is 2.88. The van der Waals surface area contributed by atoms with E-state index in [9.17, 15) is 4.21 Å². The summed E-state index contributed by atoms with van der Waals surface area (Å²) in [6.07, 6.45) is 1.81. The van der Waals surface area contributed by atoms with Crippen molar-refractivity contribution in [2.75, 3.05) is 19.8 Å². The number of nitrogens with zero attached hydrogens (tertiary/aromatic N) is 1. The Hall–Kier alpha value is -0.710. The Labute approximate surface area is 119 Å². The number of unbranched alkanes of at least 4 members (excludes halogenated alkanes) is 1. The van der Waals surface area contributed by atoms with Gasteiger partial charge in [0.2, 0.25) is 0 Å². The van der Waals surface area contributed by atoms with E-state index in [1.807, 2.05) is 44.4 Å². The Morgan fingerprint density at radius 3 is 2.42 bits per heavy atom. The summed E-state index contributed by atoms with van der Waals surface area (Å²) in [7, 11) is 4.03. The van der Waals surface area contributed by atoms with Crippen LogP contribution in [-0.4, -0.2) is 35.0 Å². The molecule has 0 aromatic heterocycles. The molecule has 0 spiro atoms. The Kier molecular flexibility index (Phi) is 7.28. The summed E-state index contributed by atoms with van der Waals surface area (Å²) in [5, 5.41) is 0. The summed E-state index contributed by atoms with van der Waals surface area (Å²) in [5.74, 6) is 0.611. The molecule has 0 aliphatic rings. The molecule has 0 bridgehead atoms. The average molecular weight is 283 g/mol. The molecule has 3 nitrogen and oxygen atoms in total. The largest absolute Gasteiger partial charge is 0.304 e. The van der Waals surface area contributed by atoms with E-state index < -0.39 is 11.1 Å². The predicted molar refractivity (Wildman–Crippen MR) is 81.3 cm³/mol. The first-order valence-corrected chi connectivity index (χ1v) is 8.07. The van der Waals surface area contributed by atoms with Gasteiger partial charge in [0.05, 0.1) is 0 Å². The number of hydrogen-bond acceptors (Lipinski definition) is 3. The summed E-state index contributed by atoms with van der Waals surface area (Å²) >= 11 is -1.21. The highest BCUT2D eigenvalue weighted by atomic mass is 32.2. The van der Waals surface area contributed by atoms with Gasteiger partial charge in [-0.15, -0.1) is 0 Å². The Balaban J connectivity index is 2.79. The van der Waals surface area contributed by atoms with Gasteiger partial charge in [0.15, 0.2) is 11.1 Å². The van der Waals surface area contributed by atoms with Crippen LogP contribution in [0.15, 0.2) is 30.3 Å². The minimum absolute atomic E-state index is 0.158. The lowest BCUT2D eigenvalue weighted by Crippen LogP contribution is -2.33. The SMILES string of the molecule is CCCCS(=O)O[C@H](c1ccccc1)[C@H](C)N(C)C. The maximum Gasteiger partial charge on any atom is 0.156 e. The summed E-state index contributed by atoms with van der Waals surface area (Å²) in [5.41, 5.74) is 1.08. The maximum absolute atomic E-state index is 12.0. The summed E-state index contributed by atoms with van der Waals surface area (Å²) < 4.78 is 17.8. The molecule has 0 fully saturated rings. The van der Waals surface area contributed by atoms with Gasteiger partial charge in [-0.3, -0.25) is 4.18 Å². The molecule has 0 heterocycles. The monoisotopic (exact) mass is 283 g/mol. The number of likely N-dealkylation sites (N-methyl/N-ethyl adjacent to an activating group) is 1. The molecule has 0 aliphatic carbocycles. The van der Waals surface area contributed by atoms with Gasteiger partial charge in [0.1, 0.15) is 6.10 Å². The molecule has 0 N–H and O–H groups in total. The Morgan fingerprint density at radius 2 is 1.89 bits per heavy atom. The molecule has 1 aromatic rings. The maximum atomic E-state index is 12.0. The third-order valence-electron chi connectivity index (χ3n) is 3.26. The van der Waals surface area contributed by atoms with Crippen LogP contribution in [-0.2, 0) is 15.3 Å². The van der Waals surface area contributed by atoms with E-state index in [-0.39, 0.29) is 12.1 Å². The molecule has 1 unspecified atom stereocenters. The minimum atomic E-state index is -1.21. The van der Waals surface area contributed by atoms with E-state index in [4.69, 9.17) is 4.18 Å². The van der Waals surface area contributed by atoms with Crippen molar-refractivity contribution in [2.45, 2.75) is 38.8 Å². The van der Waals surface area contributed by atoms with Gasteiger partial charge >= 0.3 is 0 Å². The summed E-state index contributed by atoms with van der Waals surface area (Å²) in [6.45, 7) is 4.18. The van der Waals surface area contributed by atoms with E-state index in [0.717, 1.165) is 18.4 Å². The van der Waals surface area contributed by atoms with Crippen molar-refractivity contribution in [1.29, 1.82) is 0 Å². The normalized spacial score (nSPS) is 16.3. The molecule has 0 aliphatic heterocycles. The van der Waals surface area contributed by atoms with Gasteiger partial charge in [-0.1, -0.05) is 43.7 Å². The third-order valence-corrected chi connectivity index (χ3v) is 4.30. The van der Waals surface area contributed by atoms with Crippen LogP contribution >= 0.6 is 0 Å². The third kappa shape index (κ3) is 5.43. The summed E-state index contributed by atoms with van der Waals surface area (Å²) in [6, 6.07) is 10.2. The average Bonchev–Trinajstić information content (AvgIpc) is 2.42. The van der Waals surface area contributed by atoms with Gasteiger partial charge in [-0.2, -0.15) is 0 Å². The van der Waals surface area contributed by atoms with Gasteiger partial charge < -0.3 is 4.90 Å². The first-order valence-electron chi connectivity index (χ1n) is 6.83.